The lowest BCUT2D eigenvalue weighted by Crippen LogP contribution is -2.40. The van der Waals surface area contributed by atoms with Gasteiger partial charge in [-0.3, -0.25) is 4.90 Å². The Morgan fingerprint density at radius 1 is 1.06 bits per heavy atom. The lowest BCUT2D eigenvalue weighted by molar-refractivity contribution is 0.125. The Bertz CT molecular complexity index is 332. The molecular formula is C15H20N. The molecule has 2 unspecified atom stereocenters. The van der Waals surface area contributed by atoms with Crippen LogP contribution >= 0.6 is 0 Å². The number of benzene rings is 1. The van der Waals surface area contributed by atoms with Crippen molar-refractivity contribution in [3.63, 3.8) is 0 Å². The van der Waals surface area contributed by atoms with E-state index in [4.69, 9.17) is 0 Å². The van der Waals surface area contributed by atoms with E-state index in [1.54, 1.807) is 0 Å². The summed E-state index contributed by atoms with van der Waals surface area (Å²) >= 11 is 0. The normalized spacial score (nSPS) is 34.2. The predicted octanol–water partition coefficient (Wildman–Crippen LogP) is 2.98. The summed E-state index contributed by atoms with van der Waals surface area (Å²) in [7, 11) is 0. The highest BCUT2D eigenvalue weighted by molar-refractivity contribution is 5.14. The summed E-state index contributed by atoms with van der Waals surface area (Å²) in [5.41, 5.74) is 1.45. The molecule has 1 aliphatic heterocycles. The van der Waals surface area contributed by atoms with Crippen molar-refractivity contribution >= 4 is 0 Å². The highest BCUT2D eigenvalue weighted by Gasteiger charge is 2.38. The summed E-state index contributed by atoms with van der Waals surface area (Å²) in [6.07, 6.45) is 2.81. The maximum absolute atomic E-state index is 4.34. The fourth-order valence-corrected chi connectivity index (χ4v) is 3.40. The Balaban J connectivity index is 1.66. The Morgan fingerprint density at radius 3 is 2.31 bits per heavy atom. The second-order valence-electron chi connectivity index (χ2n) is 5.44. The first-order valence-corrected chi connectivity index (χ1v) is 6.42. The summed E-state index contributed by atoms with van der Waals surface area (Å²) in [4.78, 5) is 2.62. The smallest absolute Gasteiger partial charge is 0.0233 e. The number of hydrogen-bond donors (Lipinski definition) is 0. The molecule has 2 atom stereocenters. The van der Waals surface area contributed by atoms with Crippen LogP contribution in [0.4, 0.5) is 0 Å². The number of hydrogen-bond acceptors (Lipinski definition) is 1. The molecule has 1 saturated heterocycles. The highest BCUT2D eigenvalue weighted by Crippen LogP contribution is 2.41. The molecule has 1 nitrogen and oxygen atoms in total. The number of rotatable bonds is 2. The predicted molar refractivity (Wildman–Crippen MR) is 66.8 cm³/mol. The first-order valence-electron chi connectivity index (χ1n) is 6.42. The van der Waals surface area contributed by atoms with Crippen LogP contribution in [0, 0.1) is 24.7 Å². The van der Waals surface area contributed by atoms with Gasteiger partial charge in [-0.05, 0) is 43.1 Å². The zero-order valence-electron chi connectivity index (χ0n) is 9.81. The van der Waals surface area contributed by atoms with E-state index in [0.29, 0.717) is 0 Å². The Hall–Kier alpha value is -0.820. The highest BCUT2D eigenvalue weighted by atomic mass is 15.1. The van der Waals surface area contributed by atoms with Gasteiger partial charge in [-0.15, -0.1) is 0 Å². The molecule has 1 aliphatic carbocycles. The molecule has 2 aliphatic rings. The first kappa shape index (κ1) is 10.3. The summed E-state index contributed by atoms with van der Waals surface area (Å²) in [6.45, 7) is 7.99. The van der Waals surface area contributed by atoms with Gasteiger partial charge in [-0.1, -0.05) is 30.3 Å². The van der Waals surface area contributed by atoms with Crippen LogP contribution in [-0.2, 0) is 6.54 Å². The van der Waals surface area contributed by atoms with E-state index in [1.807, 2.05) is 0 Å². The third kappa shape index (κ3) is 1.89. The molecule has 1 saturated carbocycles. The second-order valence-corrected chi connectivity index (χ2v) is 5.44. The fraction of sp³-hybridized carbons (Fsp3) is 0.533. The number of fused-ring (bicyclic) bond motifs is 2. The minimum Gasteiger partial charge on any atom is -0.299 e. The van der Waals surface area contributed by atoms with Crippen LogP contribution in [0.2, 0.25) is 0 Å². The van der Waals surface area contributed by atoms with Crippen molar-refractivity contribution in [3.05, 3.63) is 42.8 Å². The van der Waals surface area contributed by atoms with E-state index in [2.05, 4.69) is 42.2 Å². The van der Waals surface area contributed by atoms with Gasteiger partial charge in [0.15, 0.2) is 0 Å². The quantitative estimate of drug-likeness (QED) is 0.731. The van der Waals surface area contributed by atoms with E-state index < -0.39 is 0 Å². The second kappa shape index (κ2) is 4.21. The molecule has 0 N–H and O–H groups in total. The van der Waals surface area contributed by atoms with E-state index in [1.165, 1.54) is 31.5 Å². The zero-order chi connectivity index (χ0) is 11.0. The van der Waals surface area contributed by atoms with Crippen molar-refractivity contribution in [1.29, 1.82) is 0 Å². The lowest BCUT2D eigenvalue weighted by atomic mass is 9.87. The fourth-order valence-electron chi connectivity index (χ4n) is 3.40. The third-order valence-electron chi connectivity index (χ3n) is 4.35. The molecule has 2 fully saturated rings. The van der Waals surface area contributed by atoms with Crippen molar-refractivity contribution in [3.8, 4) is 0 Å². The molecule has 1 radical (unpaired) electrons. The van der Waals surface area contributed by atoms with E-state index >= 15 is 0 Å². The summed E-state index contributed by atoms with van der Waals surface area (Å²) in [5, 5.41) is 0. The third-order valence-corrected chi connectivity index (χ3v) is 4.35. The molecule has 1 aromatic carbocycles. The van der Waals surface area contributed by atoms with Crippen LogP contribution in [0.1, 0.15) is 18.4 Å². The number of likely N-dealkylation sites (tertiary alicyclic amines) is 1. The maximum atomic E-state index is 4.34. The number of piperidine rings is 1. The van der Waals surface area contributed by atoms with Crippen molar-refractivity contribution in [2.24, 2.45) is 17.8 Å². The SMILES string of the molecule is [CH2]C1C2CCC1CN(Cc1ccccc1)C2. The average molecular weight is 214 g/mol. The van der Waals surface area contributed by atoms with Crippen LogP contribution in [0.5, 0.6) is 0 Å². The topological polar surface area (TPSA) is 3.24 Å². The largest absolute Gasteiger partial charge is 0.299 e. The van der Waals surface area contributed by atoms with Gasteiger partial charge in [0.05, 0.1) is 0 Å². The molecule has 16 heavy (non-hydrogen) atoms. The molecule has 0 amide bonds. The van der Waals surface area contributed by atoms with Gasteiger partial charge in [0.2, 0.25) is 0 Å². The van der Waals surface area contributed by atoms with Crippen molar-refractivity contribution < 1.29 is 0 Å². The molecule has 1 heterocycles. The minimum atomic E-state index is 0.729. The van der Waals surface area contributed by atoms with Gasteiger partial charge in [-0.2, -0.15) is 0 Å². The zero-order valence-corrected chi connectivity index (χ0v) is 9.81. The van der Waals surface area contributed by atoms with Gasteiger partial charge in [0, 0.05) is 19.6 Å². The number of nitrogens with zero attached hydrogens (tertiary/aromatic N) is 1. The molecular weight excluding hydrogens is 194 g/mol. The Labute approximate surface area is 98.5 Å². The van der Waals surface area contributed by atoms with E-state index in [-0.39, 0.29) is 0 Å². The summed E-state index contributed by atoms with van der Waals surface area (Å²) < 4.78 is 0. The lowest BCUT2D eigenvalue weighted by Gasteiger charge is -2.36. The Kier molecular flexibility index (Phi) is 2.72. The van der Waals surface area contributed by atoms with E-state index in [0.717, 1.165) is 24.3 Å². The van der Waals surface area contributed by atoms with Crippen LogP contribution in [-0.4, -0.2) is 18.0 Å². The minimum absolute atomic E-state index is 0.729. The van der Waals surface area contributed by atoms with Crippen LogP contribution in [0.25, 0.3) is 0 Å². The van der Waals surface area contributed by atoms with Gasteiger partial charge in [0.25, 0.3) is 0 Å². The standard InChI is InChI=1S/C15H20N/c1-12-14-7-8-15(12)11-16(10-14)9-13-5-3-2-4-6-13/h2-6,12,14-15H,1,7-11H2. The van der Waals surface area contributed by atoms with Crippen molar-refractivity contribution in [2.45, 2.75) is 19.4 Å². The van der Waals surface area contributed by atoms with Gasteiger partial charge >= 0.3 is 0 Å². The van der Waals surface area contributed by atoms with Crippen LogP contribution in [0.3, 0.4) is 0 Å². The average Bonchev–Trinajstić information content (AvgIpc) is 2.54. The molecule has 2 bridgehead atoms. The van der Waals surface area contributed by atoms with Gasteiger partial charge < -0.3 is 0 Å². The molecule has 1 heteroatoms. The maximum Gasteiger partial charge on any atom is 0.0233 e. The van der Waals surface area contributed by atoms with Gasteiger partial charge in [0.1, 0.15) is 0 Å². The molecule has 3 rings (SSSR count). The summed E-state index contributed by atoms with van der Waals surface area (Å²) in [5.74, 6) is 2.46. The van der Waals surface area contributed by atoms with E-state index in [9.17, 15) is 0 Å². The Morgan fingerprint density at radius 2 is 1.69 bits per heavy atom. The van der Waals surface area contributed by atoms with Crippen molar-refractivity contribution in [2.75, 3.05) is 13.1 Å². The van der Waals surface area contributed by atoms with Gasteiger partial charge in [-0.25, -0.2) is 0 Å². The molecule has 0 aromatic heterocycles. The first-order chi connectivity index (χ1) is 7.83. The van der Waals surface area contributed by atoms with Crippen LogP contribution in [0.15, 0.2) is 30.3 Å². The molecule has 85 valence electrons. The molecule has 0 spiro atoms. The summed E-state index contributed by atoms with van der Waals surface area (Å²) in [6, 6.07) is 10.8. The monoisotopic (exact) mass is 214 g/mol. The molecule has 1 aromatic rings. The van der Waals surface area contributed by atoms with Crippen molar-refractivity contribution in [1.82, 2.24) is 4.90 Å². The van der Waals surface area contributed by atoms with Crippen LogP contribution < -0.4 is 0 Å².